The quantitative estimate of drug-likeness (QED) is 0.431. The summed E-state index contributed by atoms with van der Waals surface area (Å²) in [5.41, 5.74) is -0.0659. The van der Waals surface area contributed by atoms with Crippen molar-refractivity contribution in [2.45, 2.75) is 26.7 Å². The maximum atomic E-state index is 11.7. The number of carbonyl (C=O) groups excluding carboxylic acids is 2. The van der Waals surface area contributed by atoms with Crippen LogP contribution in [0.15, 0.2) is 10.6 Å². The van der Waals surface area contributed by atoms with Crippen molar-refractivity contribution in [2.24, 2.45) is 0 Å². The molecule has 1 aliphatic heterocycles. The van der Waals surface area contributed by atoms with E-state index in [1.54, 1.807) is 6.92 Å². The molecule has 0 aromatic rings. The Hall–Kier alpha value is -1.48. The Morgan fingerprint density at radius 1 is 1.56 bits per heavy atom. The number of nitriles is 1. The van der Waals surface area contributed by atoms with Crippen LogP contribution in [0, 0.1) is 11.3 Å². The van der Waals surface area contributed by atoms with Gasteiger partial charge in [-0.25, -0.2) is 4.79 Å². The van der Waals surface area contributed by atoms with Gasteiger partial charge in [0.1, 0.15) is 11.1 Å². The molecule has 6 heteroatoms. The highest BCUT2D eigenvalue weighted by atomic mass is 32.2. The number of hydrogen-bond donors (Lipinski definition) is 0. The molecule has 0 bridgehead atoms. The van der Waals surface area contributed by atoms with Gasteiger partial charge in [-0.3, -0.25) is 4.79 Å². The molecule has 1 saturated heterocycles. The highest BCUT2D eigenvalue weighted by molar-refractivity contribution is 8.04. The van der Waals surface area contributed by atoms with E-state index in [2.05, 4.69) is 0 Å². The lowest BCUT2D eigenvalue weighted by Crippen LogP contribution is -2.27. The number of rotatable bonds is 5. The summed E-state index contributed by atoms with van der Waals surface area (Å²) in [7, 11) is 0. The van der Waals surface area contributed by atoms with Gasteiger partial charge in [-0.05, 0) is 13.3 Å². The first-order valence-corrected chi connectivity index (χ1v) is 6.88. The Kier molecular flexibility index (Phi) is 5.72. The van der Waals surface area contributed by atoms with Crippen LogP contribution >= 0.6 is 11.8 Å². The summed E-state index contributed by atoms with van der Waals surface area (Å²) in [5, 5.41) is 9.49. The molecule has 0 unspecified atom stereocenters. The summed E-state index contributed by atoms with van der Waals surface area (Å²) in [6.07, 6.45) is 1.79. The van der Waals surface area contributed by atoms with Crippen LogP contribution in [-0.4, -0.2) is 35.7 Å². The molecule has 1 heterocycles. The largest absolute Gasteiger partial charge is 0.462 e. The average Bonchev–Trinajstić information content (AvgIpc) is 2.70. The van der Waals surface area contributed by atoms with Gasteiger partial charge in [0.25, 0.3) is 0 Å². The molecular formula is C12H16N2O3S. The molecular weight excluding hydrogens is 252 g/mol. The molecule has 98 valence electrons. The van der Waals surface area contributed by atoms with E-state index in [0.29, 0.717) is 11.6 Å². The topological polar surface area (TPSA) is 70.4 Å². The summed E-state index contributed by atoms with van der Waals surface area (Å²) in [6.45, 7) is 4.46. The van der Waals surface area contributed by atoms with Gasteiger partial charge in [0.05, 0.1) is 12.4 Å². The van der Waals surface area contributed by atoms with Crippen molar-refractivity contribution in [1.29, 1.82) is 5.26 Å². The lowest BCUT2D eigenvalue weighted by molar-refractivity contribution is -0.138. The second kappa shape index (κ2) is 7.07. The number of unbranched alkanes of at least 4 members (excludes halogenated alkanes) is 1. The van der Waals surface area contributed by atoms with Crippen LogP contribution in [0.4, 0.5) is 0 Å². The zero-order valence-corrected chi connectivity index (χ0v) is 11.4. The summed E-state index contributed by atoms with van der Waals surface area (Å²) < 4.78 is 4.82. The average molecular weight is 268 g/mol. The Bertz CT molecular complexity index is 412. The molecule has 0 N–H and O–H groups in total. The maximum Gasteiger partial charge on any atom is 0.351 e. The molecule has 0 aromatic heterocycles. The van der Waals surface area contributed by atoms with Gasteiger partial charge in [-0.2, -0.15) is 5.26 Å². The van der Waals surface area contributed by atoms with Gasteiger partial charge in [0, 0.05) is 6.54 Å². The van der Waals surface area contributed by atoms with Crippen LogP contribution < -0.4 is 0 Å². The van der Waals surface area contributed by atoms with Crippen LogP contribution in [0.2, 0.25) is 0 Å². The second-order valence-electron chi connectivity index (χ2n) is 3.70. The van der Waals surface area contributed by atoms with Crippen molar-refractivity contribution < 1.29 is 14.3 Å². The lowest BCUT2D eigenvalue weighted by Gasteiger charge is -2.17. The van der Waals surface area contributed by atoms with Gasteiger partial charge in [-0.1, -0.05) is 25.1 Å². The van der Waals surface area contributed by atoms with Gasteiger partial charge in [0.2, 0.25) is 5.91 Å². The van der Waals surface area contributed by atoms with Crippen LogP contribution in [-0.2, 0) is 14.3 Å². The minimum absolute atomic E-state index is 0.0551. The first-order valence-electron chi connectivity index (χ1n) is 5.90. The molecule has 18 heavy (non-hydrogen) atoms. The molecule has 1 fully saturated rings. The van der Waals surface area contributed by atoms with E-state index < -0.39 is 5.97 Å². The van der Waals surface area contributed by atoms with Crippen molar-refractivity contribution in [3.63, 3.8) is 0 Å². The summed E-state index contributed by atoms with van der Waals surface area (Å²) in [5.74, 6) is -0.428. The fourth-order valence-corrected chi connectivity index (χ4v) is 2.57. The second-order valence-corrected chi connectivity index (χ2v) is 4.66. The number of ether oxygens (including phenoxy) is 1. The number of amides is 1. The molecule has 0 saturated carbocycles. The minimum atomic E-state index is -0.654. The zero-order valence-electron chi connectivity index (χ0n) is 10.6. The summed E-state index contributed by atoms with van der Waals surface area (Å²) in [4.78, 5) is 24.9. The fourth-order valence-electron chi connectivity index (χ4n) is 1.53. The van der Waals surface area contributed by atoms with E-state index in [-0.39, 0.29) is 23.8 Å². The Morgan fingerprint density at radius 3 is 2.83 bits per heavy atom. The van der Waals surface area contributed by atoms with Gasteiger partial charge in [0.15, 0.2) is 5.57 Å². The number of nitrogens with zero attached hydrogens (tertiary/aromatic N) is 2. The van der Waals surface area contributed by atoms with Crippen LogP contribution in [0.1, 0.15) is 26.7 Å². The van der Waals surface area contributed by atoms with Crippen molar-refractivity contribution in [3.05, 3.63) is 10.6 Å². The molecule has 0 aliphatic carbocycles. The molecule has 1 rings (SSSR count). The first kappa shape index (κ1) is 14.6. The molecule has 0 atom stereocenters. The normalized spacial score (nSPS) is 17.6. The Morgan fingerprint density at radius 2 is 2.28 bits per heavy atom. The first-order chi connectivity index (χ1) is 8.65. The van der Waals surface area contributed by atoms with Crippen molar-refractivity contribution in [3.8, 4) is 6.07 Å². The third-order valence-electron chi connectivity index (χ3n) is 2.42. The van der Waals surface area contributed by atoms with Gasteiger partial charge < -0.3 is 9.64 Å². The van der Waals surface area contributed by atoms with E-state index in [1.165, 1.54) is 16.7 Å². The summed E-state index contributed by atoms with van der Waals surface area (Å²) in [6, 6.07) is 1.85. The SMILES string of the molecule is CCCCN1C(=O)CSC1=C(C#N)C(=O)OCC. The standard InChI is InChI=1S/C12H16N2O3S/c1-3-5-6-14-10(15)8-18-11(14)9(7-13)12(16)17-4-2/h3-6,8H2,1-2H3. The number of hydrogen-bond acceptors (Lipinski definition) is 5. The Balaban J connectivity index is 2.98. The fraction of sp³-hybridized carbons (Fsp3) is 0.583. The van der Waals surface area contributed by atoms with Crippen LogP contribution in [0.25, 0.3) is 0 Å². The highest BCUT2D eigenvalue weighted by Gasteiger charge is 2.31. The van der Waals surface area contributed by atoms with Crippen molar-refractivity contribution in [1.82, 2.24) is 4.90 Å². The summed E-state index contributed by atoms with van der Waals surface area (Å²) >= 11 is 1.23. The smallest absolute Gasteiger partial charge is 0.351 e. The predicted molar refractivity (Wildman–Crippen MR) is 68.4 cm³/mol. The molecule has 0 aromatic carbocycles. The van der Waals surface area contributed by atoms with Crippen molar-refractivity contribution in [2.75, 3.05) is 18.9 Å². The monoisotopic (exact) mass is 268 g/mol. The third kappa shape index (κ3) is 3.26. The van der Waals surface area contributed by atoms with E-state index in [4.69, 9.17) is 10.00 Å². The highest BCUT2D eigenvalue weighted by Crippen LogP contribution is 2.32. The lowest BCUT2D eigenvalue weighted by atomic mass is 10.2. The zero-order chi connectivity index (χ0) is 13.5. The third-order valence-corrected chi connectivity index (χ3v) is 3.51. The number of thioether (sulfide) groups is 1. The molecule has 0 spiro atoms. The van der Waals surface area contributed by atoms with Crippen molar-refractivity contribution >= 4 is 23.6 Å². The molecule has 0 radical (unpaired) electrons. The van der Waals surface area contributed by atoms with Gasteiger partial charge in [-0.15, -0.1) is 0 Å². The molecule has 5 nitrogen and oxygen atoms in total. The van der Waals surface area contributed by atoms with E-state index >= 15 is 0 Å². The minimum Gasteiger partial charge on any atom is -0.462 e. The van der Waals surface area contributed by atoms with Crippen LogP contribution in [0.3, 0.4) is 0 Å². The maximum absolute atomic E-state index is 11.7. The van der Waals surface area contributed by atoms with E-state index in [0.717, 1.165) is 12.8 Å². The van der Waals surface area contributed by atoms with Gasteiger partial charge >= 0.3 is 5.97 Å². The van der Waals surface area contributed by atoms with Crippen LogP contribution in [0.5, 0.6) is 0 Å². The molecule has 1 aliphatic rings. The van der Waals surface area contributed by atoms with E-state index in [9.17, 15) is 9.59 Å². The van der Waals surface area contributed by atoms with E-state index in [1.807, 2.05) is 13.0 Å². The predicted octanol–water partition coefficient (Wildman–Crippen LogP) is 1.66. The number of carbonyl (C=O) groups is 2. The Labute approximate surface area is 111 Å². The molecule has 1 amide bonds. The number of esters is 1.